The van der Waals surface area contributed by atoms with Crippen molar-refractivity contribution in [1.29, 1.82) is 0 Å². The van der Waals surface area contributed by atoms with E-state index in [0.717, 1.165) is 14.7 Å². The number of nitrogens with one attached hydrogen (secondary N) is 1. The second-order valence-corrected chi connectivity index (χ2v) is 4.12. The zero-order valence-corrected chi connectivity index (χ0v) is 8.52. The van der Waals surface area contributed by atoms with Gasteiger partial charge in [-0.2, -0.15) is 0 Å². The van der Waals surface area contributed by atoms with Crippen LogP contribution in [0.25, 0.3) is 10.2 Å². The molecule has 2 aromatic rings. The maximum atomic E-state index is 5.03. The summed E-state index contributed by atoms with van der Waals surface area (Å²) >= 11 is 10.0. The highest BCUT2D eigenvalue weighted by atomic mass is 79.9. The molecule has 0 saturated carbocycles. The van der Waals surface area contributed by atoms with E-state index in [-0.39, 0.29) is 0 Å². The Morgan fingerprint density at radius 3 is 3.18 bits per heavy atom. The van der Waals surface area contributed by atoms with Gasteiger partial charge in [-0.05, 0) is 15.9 Å². The van der Waals surface area contributed by atoms with Crippen molar-refractivity contribution in [2.24, 2.45) is 0 Å². The number of hydrogen-bond donors (Lipinski definition) is 1. The van der Waals surface area contributed by atoms with Crippen LogP contribution in [0.1, 0.15) is 0 Å². The molecule has 56 valence electrons. The lowest BCUT2D eigenvalue weighted by Crippen LogP contribution is -1.77. The number of halogens is 1. The van der Waals surface area contributed by atoms with Crippen LogP contribution in [0.2, 0.25) is 0 Å². The van der Waals surface area contributed by atoms with Gasteiger partial charge in [0.15, 0.2) is 0 Å². The van der Waals surface area contributed by atoms with Gasteiger partial charge in [0.05, 0.1) is 21.0 Å². The Morgan fingerprint density at radius 2 is 2.45 bits per heavy atom. The topological polar surface area (TPSA) is 28.7 Å². The molecule has 11 heavy (non-hydrogen) atoms. The van der Waals surface area contributed by atoms with E-state index in [1.807, 2.05) is 5.38 Å². The van der Waals surface area contributed by atoms with Crippen LogP contribution in [-0.2, 0) is 0 Å². The average molecular weight is 247 g/mol. The van der Waals surface area contributed by atoms with Crippen LogP contribution in [0.4, 0.5) is 0 Å². The van der Waals surface area contributed by atoms with Gasteiger partial charge in [0.2, 0.25) is 0 Å². The summed E-state index contributed by atoms with van der Waals surface area (Å²) in [6, 6.07) is 0. The minimum absolute atomic E-state index is 0.662. The third kappa shape index (κ3) is 1.13. The molecule has 0 aliphatic rings. The fourth-order valence-corrected chi connectivity index (χ4v) is 2.65. The quantitative estimate of drug-likeness (QED) is 0.724. The van der Waals surface area contributed by atoms with E-state index in [9.17, 15) is 0 Å². The van der Waals surface area contributed by atoms with Crippen molar-refractivity contribution < 1.29 is 0 Å². The predicted octanol–water partition coefficient (Wildman–Crippen LogP) is 3.12. The Labute approximate surface area is 80.4 Å². The van der Waals surface area contributed by atoms with Crippen LogP contribution < -0.4 is 0 Å². The minimum Gasteiger partial charge on any atom is -0.344 e. The molecule has 2 nitrogen and oxygen atoms in total. The third-order valence-electron chi connectivity index (χ3n) is 1.33. The number of nitrogens with zero attached hydrogens (tertiary/aromatic N) is 1. The molecule has 0 amide bonds. The second kappa shape index (κ2) is 2.66. The number of hydrogen-bond acceptors (Lipinski definition) is 3. The zero-order chi connectivity index (χ0) is 7.84. The van der Waals surface area contributed by atoms with Gasteiger partial charge in [-0.1, -0.05) is 12.2 Å². The molecule has 2 heterocycles. The van der Waals surface area contributed by atoms with Crippen molar-refractivity contribution in [2.45, 2.75) is 0 Å². The van der Waals surface area contributed by atoms with Crippen LogP contribution in [0.15, 0.2) is 16.2 Å². The summed E-state index contributed by atoms with van der Waals surface area (Å²) in [5.41, 5.74) is 1.04. The van der Waals surface area contributed by atoms with E-state index in [1.54, 1.807) is 17.7 Å². The first kappa shape index (κ1) is 7.39. The van der Waals surface area contributed by atoms with Crippen molar-refractivity contribution in [3.8, 4) is 0 Å². The molecule has 2 aromatic heterocycles. The summed E-state index contributed by atoms with van der Waals surface area (Å²) in [5, 5.41) is 2.00. The summed E-state index contributed by atoms with van der Waals surface area (Å²) in [6.45, 7) is 0. The maximum absolute atomic E-state index is 5.03. The van der Waals surface area contributed by atoms with Gasteiger partial charge in [0.1, 0.15) is 4.64 Å². The van der Waals surface area contributed by atoms with Crippen molar-refractivity contribution in [3.63, 3.8) is 0 Å². The Kier molecular flexibility index (Phi) is 1.78. The van der Waals surface area contributed by atoms with E-state index < -0.39 is 0 Å². The van der Waals surface area contributed by atoms with Crippen LogP contribution in [0.5, 0.6) is 0 Å². The highest BCUT2D eigenvalue weighted by Gasteiger charge is 2.01. The normalized spacial score (nSPS) is 10.6. The van der Waals surface area contributed by atoms with E-state index in [2.05, 4.69) is 25.9 Å². The van der Waals surface area contributed by atoms with Crippen molar-refractivity contribution in [1.82, 2.24) is 9.97 Å². The summed E-state index contributed by atoms with van der Waals surface area (Å²) in [5.74, 6) is 0. The number of thiophene rings is 1. The molecule has 0 radical (unpaired) electrons. The molecule has 2 rings (SSSR count). The molecule has 0 unspecified atom stereocenters. The largest absolute Gasteiger partial charge is 0.344 e. The van der Waals surface area contributed by atoms with Gasteiger partial charge < -0.3 is 4.98 Å². The van der Waals surface area contributed by atoms with E-state index >= 15 is 0 Å². The lowest BCUT2D eigenvalue weighted by Gasteiger charge is -1.88. The second-order valence-electron chi connectivity index (χ2n) is 2.00. The number of aromatic amines is 1. The lowest BCUT2D eigenvalue weighted by atomic mass is 10.5. The molecule has 0 atom stereocenters. The highest BCUT2D eigenvalue weighted by molar-refractivity contribution is 9.10. The number of rotatable bonds is 0. The van der Waals surface area contributed by atoms with Gasteiger partial charge >= 0.3 is 0 Å². The molecule has 0 spiro atoms. The Hall–Kier alpha value is -0.260. The SMILES string of the molecule is S=c1nc[nH]c2c(Br)csc12. The summed E-state index contributed by atoms with van der Waals surface area (Å²) in [7, 11) is 0. The smallest absolute Gasteiger partial charge is 0.147 e. The first-order valence-electron chi connectivity index (χ1n) is 2.89. The monoisotopic (exact) mass is 246 g/mol. The van der Waals surface area contributed by atoms with Crippen molar-refractivity contribution >= 4 is 49.7 Å². The molecule has 0 aliphatic heterocycles. The van der Waals surface area contributed by atoms with Gasteiger partial charge in [0.25, 0.3) is 0 Å². The number of fused-ring (bicyclic) bond motifs is 1. The molecular formula is C6H3BrN2S2. The van der Waals surface area contributed by atoms with E-state index in [1.165, 1.54) is 0 Å². The molecule has 1 N–H and O–H groups in total. The van der Waals surface area contributed by atoms with E-state index in [0.29, 0.717) is 4.64 Å². The molecule has 0 fully saturated rings. The fraction of sp³-hybridized carbons (Fsp3) is 0. The van der Waals surface area contributed by atoms with Crippen LogP contribution in [0, 0.1) is 4.64 Å². The van der Waals surface area contributed by atoms with Crippen molar-refractivity contribution in [3.05, 3.63) is 20.8 Å². The molecule has 0 aromatic carbocycles. The first-order chi connectivity index (χ1) is 5.29. The van der Waals surface area contributed by atoms with Gasteiger partial charge in [-0.15, -0.1) is 11.3 Å². The summed E-state index contributed by atoms with van der Waals surface area (Å²) < 4.78 is 2.75. The molecule has 0 bridgehead atoms. The predicted molar refractivity (Wildman–Crippen MR) is 52.5 cm³/mol. The maximum Gasteiger partial charge on any atom is 0.147 e. The van der Waals surface area contributed by atoms with E-state index in [4.69, 9.17) is 12.2 Å². The van der Waals surface area contributed by atoms with Crippen molar-refractivity contribution in [2.75, 3.05) is 0 Å². The van der Waals surface area contributed by atoms with Crippen LogP contribution >= 0.6 is 39.5 Å². The molecular weight excluding hydrogens is 244 g/mol. The van der Waals surface area contributed by atoms with Crippen LogP contribution in [0.3, 0.4) is 0 Å². The van der Waals surface area contributed by atoms with Gasteiger partial charge in [0, 0.05) is 5.38 Å². The number of aromatic nitrogens is 2. The Bertz CT molecular complexity index is 445. The first-order valence-corrected chi connectivity index (χ1v) is 4.97. The van der Waals surface area contributed by atoms with Gasteiger partial charge in [-0.25, -0.2) is 4.98 Å². The number of H-pyrrole nitrogens is 1. The Morgan fingerprint density at radius 1 is 1.64 bits per heavy atom. The molecule has 0 aliphatic carbocycles. The molecule has 5 heteroatoms. The molecule has 0 saturated heterocycles. The minimum atomic E-state index is 0.662. The fourth-order valence-electron chi connectivity index (χ4n) is 0.843. The average Bonchev–Trinajstić information content (AvgIpc) is 2.35. The standard InChI is InChI=1S/C6H3BrN2S2/c7-3-1-11-5-4(3)8-2-9-6(5)10/h1-2H,(H,8,9,10). The summed E-state index contributed by atoms with van der Waals surface area (Å²) in [6.07, 6.45) is 1.61. The Balaban J connectivity index is 3.06. The lowest BCUT2D eigenvalue weighted by molar-refractivity contribution is 1.21. The zero-order valence-electron chi connectivity index (χ0n) is 5.30. The van der Waals surface area contributed by atoms with Gasteiger partial charge in [-0.3, -0.25) is 0 Å². The van der Waals surface area contributed by atoms with Crippen LogP contribution in [-0.4, -0.2) is 9.97 Å². The highest BCUT2D eigenvalue weighted by Crippen LogP contribution is 2.27. The summed E-state index contributed by atoms with van der Waals surface area (Å²) in [4.78, 5) is 7.00. The third-order valence-corrected chi connectivity index (χ3v) is 3.69.